The number of piperazine rings is 1. The number of hydrogen-bond donors (Lipinski definition) is 0. The molecule has 1 atom stereocenters. The van der Waals surface area contributed by atoms with Gasteiger partial charge in [0.25, 0.3) is 5.91 Å². The second-order valence-corrected chi connectivity index (χ2v) is 16.2. The Morgan fingerprint density at radius 2 is 1.37 bits per heavy atom. The van der Waals surface area contributed by atoms with Gasteiger partial charge in [0.15, 0.2) is 11.5 Å². The zero-order valence-electron chi connectivity index (χ0n) is 33.7. The van der Waals surface area contributed by atoms with Crippen molar-refractivity contribution in [3.63, 3.8) is 0 Å². The average molecular weight is 824 g/mol. The summed E-state index contributed by atoms with van der Waals surface area (Å²) in [6, 6.07) is 19.5. The normalized spacial score (nSPS) is 20.0. The summed E-state index contributed by atoms with van der Waals surface area (Å²) in [6.07, 6.45) is 4.18. The molecule has 0 N–H and O–H groups in total. The van der Waals surface area contributed by atoms with Gasteiger partial charge in [0.2, 0.25) is 11.7 Å². The number of ether oxygens (including phenoxy) is 4. The summed E-state index contributed by atoms with van der Waals surface area (Å²) in [6.45, 7) is 9.42. The van der Waals surface area contributed by atoms with Gasteiger partial charge < -0.3 is 33.6 Å². The second-order valence-electron chi connectivity index (χ2n) is 15.4. The third-order valence-electron chi connectivity index (χ3n) is 12.3. The molecule has 0 spiro atoms. The predicted octanol–water partition coefficient (Wildman–Crippen LogP) is 6.71. The smallest absolute Gasteiger partial charge is 0.305 e. The summed E-state index contributed by atoms with van der Waals surface area (Å²) in [5.41, 5.74) is 1.65. The van der Waals surface area contributed by atoms with Crippen LogP contribution >= 0.6 is 23.2 Å². The largest absolute Gasteiger partial charge is 0.493 e. The van der Waals surface area contributed by atoms with Crippen LogP contribution in [0.15, 0.2) is 60.7 Å². The number of benzene rings is 3. The Bertz CT molecular complexity index is 1840. The quantitative estimate of drug-likeness (QED) is 0.155. The van der Waals surface area contributed by atoms with Crippen molar-refractivity contribution in [3.8, 4) is 17.2 Å². The van der Waals surface area contributed by atoms with Gasteiger partial charge in [-0.15, -0.1) is 0 Å². The first-order valence-electron chi connectivity index (χ1n) is 20.1. The van der Waals surface area contributed by atoms with Crippen LogP contribution in [0.1, 0.15) is 66.9 Å². The number of hydrogen-bond acceptors (Lipinski definition) is 9. The SMILES string of the molecule is CCOC(=O)CCCN1CCN(C(=O)C2(c3ccccc3)CCN(CC[C@]3(c4ccc(Cl)c(Cl)c4)CCN(C(=O)c4cc(OC)c(OC)c(OC)c4)C3)CC2)CC1. The minimum Gasteiger partial charge on any atom is -0.493 e. The summed E-state index contributed by atoms with van der Waals surface area (Å²) in [7, 11) is 4.62. The molecule has 3 saturated heterocycles. The van der Waals surface area contributed by atoms with E-state index in [-0.39, 0.29) is 23.2 Å². The Balaban J connectivity index is 1.14. The first-order valence-corrected chi connectivity index (χ1v) is 20.8. The van der Waals surface area contributed by atoms with Crippen LogP contribution in [0.5, 0.6) is 17.2 Å². The Kier molecular flexibility index (Phi) is 14.3. The van der Waals surface area contributed by atoms with E-state index in [1.807, 2.05) is 48.2 Å². The number of likely N-dealkylation sites (tertiary alicyclic amines) is 2. The fraction of sp³-hybridized carbons (Fsp3) is 0.523. The van der Waals surface area contributed by atoms with Gasteiger partial charge >= 0.3 is 5.97 Å². The molecular formula is C44H56Cl2N4O7. The van der Waals surface area contributed by atoms with Crippen LogP contribution in [0.2, 0.25) is 10.0 Å². The molecule has 3 aliphatic heterocycles. The average Bonchev–Trinajstić information content (AvgIpc) is 3.69. The molecule has 0 aromatic heterocycles. The maximum atomic E-state index is 14.6. The number of carbonyl (C=O) groups is 3. The maximum Gasteiger partial charge on any atom is 0.305 e. The zero-order chi connectivity index (χ0) is 40.6. The van der Waals surface area contributed by atoms with Crippen LogP contribution in [0, 0.1) is 0 Å². The maximum absolute atomic E-state index is 14.6. The van der Waals surface area contributed by atoms with Crippen LogP contribution in [-0.2, 0) is 25.2 Å². The van der Waals surface area contributed by atoms with Crippen molar-refractivity contribution in [1.29, 1.82) is 0 Å². The molecule has 308 valence electrons. The number of rotatable bonds is 15. The molecule has 11 nitrogen and oxygen atoms in total. The molecule has 2 amide bonds. The van der Waals surface area contributed by atoms with Crippen LogP contribution in [0.3, 0.4) is 0 Å². The van der Waals surface area contributed by atoms with Gasteiger partial charge in [-0.05, 0) is 101 Å². The highest BCUT2D eigenvalue weighted by atomic mass is 35.5. The summed E-state index contributed by atoms with van der Waals surface area (Å²) in [4.78, 5) is 49.3. The van der Waals surface area contributed by atoms with Gasteiger partial charge in [0.1, 0.15) is 0 Å². The lowest BCUT2D eigenvalue weighted by molar-refractivity contribution is -0.143. The monoisotopic (exact) mass is 822 g/mol. The highest BCUT2D eigenvalue weighted by Gasteiger charge is 2.47. The number of halogens is 2. The van der Waals surface area contributed by atoms with E-state index in [0.717, 1.165) is 82.5 Å². The Labute approximate surface area is 347 Å². The molecule has 13 heteroatoms. The molecule has 57 heavy (non-hydrogen) atoms. The van der Waals surface area contributed by atoms with E-state index in [9.17, 15) is 14.4 Å². The zero-order valence-corrected chi connectivity index (χ0v) is 35.2. The van der Waals surface area contributed by atoms with Gasteiger partial charge in [0.05, 0.1) is 43.4 Å². The topological polar surface area (TPSA) is 101 Å². The molecule has 3 aromatic carbocycles. The highest BCUT2D eigenvalue weighted by Crippen LogP contribution is 2.44. The first kappa shape index (κ1) is 42.6. The second kappa shape index (κ2) is 19.1. The summed E-state index contributed by atoms with van der Waals surface area (Å²) >= 11 is 13.0. The van der Waals surface area contributed by atoms with E-state index in [1.54, 1.807) is 12.1 Å². The van der Waals surface area contributed by atoms with Crippen LogP contribution < -0.4 is 14.2 Å². The molecule has 0 radical (unpaired) electrons. The van der Waals surface area contributed by atoms with E-state index in [1.165, 1.54) is 21.3 Å². The molecular weight excluding hydrogens is 767 g/mol. The third kappa shape index (κ3) is 9.48. The molecule has 6 rings (SSSR count). The number of nitrogens with zero attached hydrogens (tertiary/aromatic N) is 4. The van der Waals surface area contributed by atoms with Gasteiger partial charge in [0, 0.05) is 56.7 Å². The summed E-state index contributed by atoms with van der Waals surface area (Å²) in [5, 5.41) is 0.983. The lowest BCUT2D eigenvalue weighted by atomic mass is 9.71. The van der Waals surface area contributed by atoms with E-state index in [4.69, 9.17) is 42.1 Å². The van der Waals surface area contributed by atoms with Gasteiger partial charge in [-0.2, -0.15) is 0 Å². The predicted molar refractivity (Wildman–Crippen MR) is 222 cm³/mol. The molecule has 3 aliphatic rings. The van der Waals surface area contributed by atoms with Crippen molar-refractivity contribution >= 4 is 41.0 Å². The summed E-state index contributed by atoms with van der Waals surface area (Å²) < 4.78 is 21.7. The molecule has 0 saturated carbocycles. The van der Waals surface area contributed by atoms with Crippen molar-refractivity contribution in [1.82, 2.24) is 19.6 Å². The van der Waals surface area contributed by atoms with Crippen molar-refractivity contribution < 1.29 is 33.3 Å². The van der Waals surface area contributed by atoms with E-state index >= 15 is 0 Å². The van der Waals surface area contributed by atoms with Crippen molar-refractivity contribution in [2.45, 2.75) is 56.3 Å². The molecule has 0 bridgehead atoms. The van der Waals surface area contributed by atoms with Crippen molar-refractivity contribution in [2.75, 3.05) is 93.4 Å². The fourth-order valence-corrected chi connectivity index (χ4v) is 9.21. The van der Waals surface area contributed by atoms with Gasteiger partial charge in [-0.1, -0.05) is 59.6 Å². The number of esters is 1. The molecule has 3 aromatic rings. The van der Waals surface area contributed by atoms with E-state index in [2.05, 4.69) is 26.8 Å². The lowest BCUT2D eigenvalue weighted by Gasteiger charge is -2.46. The Morgan fingerprint density at radius 1 is 0.702 bits per heavy atom. The minimum atomic E-state index is -0.595. The molecule has 3 fully saturated rings. The van der Waals surface area contributed by atoms with Crippen LogP contribution in [0.25, 0.3) is 0 Å². The van der Waals surface area contributed by atoms with Gasteiger partial charge in [-0.3, -0.25) is 19.3 Å². The first-order chi connectivity index (χ1) is 27.6. The number of amides is 2. The van der Waals surface area contributed by atoms with E-state index in [0.29, 0.717) is 72.1 Å². The number of methoxy groups -OCH3 is 3. The molecule has 0 unspecified atom stereocenters. The number of carbonyl (C=O) groups excluding carboxylic acids is 3. The van der Waals surface area contributed by atoms with Crippen molar-refractivity contribution in [3.05, 3.63) is 87.4 Å². The molecule has 0 aliphatic carbocycles. The number of piperidine rings is 1. The standard InChI is InChI=1S/C44H56Cl2N4O7/c1-5-57-39(51)12-9-19-47-24-26-49(27-25-47)42(53)44(33-10-7-6-8-11-33)17-21-48(22-18-44)20-15-43(34-13-14-35(45)36(46)30-34)16-23-50(31-43)41(52)32-28-37(54-2)40(56-4)38(29-32)55-3/h6-8,10-11,13-14,28-30H,5,9,12,15-27,31H2,1-4H3/t43-/m0/s1. The van der Waals surface area contributed by atoms with E-state index < -0.39 is 5.41 Å². The lowest BCUT2D eigenvalue weighted by Crippen LogP contribution is -2.57. The van der Waals surface area contributed by atoms with Crippen LogP contribution in [0.4, 0.5) is 0 Å². The fourth-order valence-electron chi connectivity index (χ4n) is 8.91. The van der Waals surface area contributed by atoms with Crippen molar-refractivity contribution in [2.24, 2.45) is 0 Å². The minimum absolute atomic E-state index is 0.113. The summed E-state index contributed by atoms with van der Waals surface area (Å²) in [5.74, 6) is 1.23. The van der Waals surface area contributed by atoms with Crippen LogP contribution in [-0.4, -0.2) is 131 Å². The Morgan fingerprint density at radius 3 is 1.98 bits per heavy atom. The molecule has 3 heterocycles. The van der Waals surface area contributed by atoms with Gasteiger partial charge in [-0.25, -0.2) is 0 Å². The Hall–Kier alpha value is -4.03. The third-order valence-corrected chi connectivity index (χ3v) is 13.0. The highest BCUT2D eigenvalue weighted by molar-refractivity contribution is 6.42.